The van der Waals surface area contributed by atoms with Gasteiger partial charge in [0.1, 0.15) is 5.82 Å². The summed E-state index contributed by atoms with van der Waals surface area (Å²) in [5, 5.41) is 8.76. The van der Waals surface area contributed by atoms with Crippen LogP contribution in [0.3, 0.4) is 0 Å². The quantitative estimate of drug-likeness (QED) is 0.859. The number of carboxylic acids is 1. The van der Waals surface area contributed by atoms with Gasteiger partial charge in [-0.15, -0.1) is 0 Å². The maximum Gasteiger partial charge on any atom is 0.308 e. The molecule has 0 aliphatic carbocycles. The maximum atomic E-state index is 11.9. The number of carbonyl (C=O) groups is 1. The predicted molar refractivity (Wildman–Crippen MR) is 68.9 cm³/mol. The Balaban J connectivity index is 2.55. The Morgan fingerprint density at radius 3 is 2.74 bits per heavy atom. The lowest BCUT2D eigenvalue weighted by Gasteiger charge is -2.07. The Hall–Kier alpha value is -2.50. The first kappa shape index (κ1) is 12.9. The first-order chi connectivity index (χ1) is 8.99. The Morgan fingerprint density at radius 2 is 2.16 bits per heavy atom. The second-order valence-corrected chi connectivity index (χ2v) is 4.24. The molecule has 6 nitrogen and oxygen atoms in total. The van der Waals surface area contributed by atoms with Gasteiger partial charge in [-0.2, -0.15) is 0 Å². The number of H-pyrrole nitrogens is 1. The Kier molecular flexibility index (Phi) is 3.41. The molecule has 0 atom stereocenters. The molecule has 0 aliphatic rings. The summed E-state index contributed by atoms with van der Waals surface area (Å²) in [6.07, 6.45) is 2.96. The molecular weight excluding hydrogens is 246 g/mol. The van der Waals surface area contributed by atoms with Crippen molar-refractivity contribution in [2.24, 2.45) is 0 Å². The van der Waals surface area contributed by atoms with E-state index in [9.17, 15) is 9.59 Å². The number of hydrogen-bond donors (Lipinski definition) is 2. The molecule has 2 heterocycles. The number of nitrogens with one attached hydrogen (secondary N) is 1. The molecule has 0 amide bonds. The van der Waals surface area contributed by atoms with Gasteiger partial charge < -0.3 is 10.1 Å². The third-order valence-electron chi connectivity index (χ3n) is 2.83. The molecule has 2 rings (SSSR count). The number of aromatic amines is 1. The zero-order chi connectivity index (χ0) is 14.0. The number of nitrogens with zero attached hydrogens (tertiary/aromatic N) is 2. The summed E-state index contributed by atoms with van der Waals surface area (Å²) in [6, 6.07) is 1.75. The highest BCUT2D eigenvalue weighted by molar-refractivity contribution is 5.70. The summed E-state index contributed by atoms with van der Waals surface area (Å²) in [5.41, 5.74) is 1.86. The minimum Gasteiger partial charge on any atom is -0.481 e. The molecule has 2 aromatic rings. The predicted octanol–water partition coefficient (Wildman–Crippen LogP) is 1.08. The van der Waals surface area contributed by atoms with E-state index >= 15 is 0 Å². The van der Waals surface area contributed by atoms with Crippen molar-refractivity contribution >= 4 is 5.97 Å². The van der Waals surface area contributed by atoms with Crippen LogP contribution in [-0.4, -0.2) is 26.0 Å². The molecule has 0 aromatic carbocycles. The van der Waals surface area contributed by atoms with Gasteiger partial charge in [-0.1, -0.05) is 0 Å². The summed E-state index contributed by atoms with van der Waals surface area (Å²) < 4.78 is 0. The van der Waals surface area contributed by atoms with Crippen LogP contribution in [0.4, 0.5) is 0 Å². The highest BCUT2D eigenvalue weighted by Crippen LogP contribution is 2.17. The zero-order valence-electron chi connectivity index (χ0n) is 10.6. The van der Waals surface area contributed by atoms with Crippen molar-refractivity contribution in [3.63, 3.8) is 0 Å². The summed E-state index contributed by atoms with van der Waals surface area (Å²) in [6.45, 7) is 3.50. The minimum absolute atomic E-state index is 0.183. The van der Waals surface area contributed by atoms with E-state index in [0.29, 0.717) is 11.5 Å². The molecular formula is C13H13N3O3. The summed E-state index contributed by atoms with van der Waals surface area (Å²) in [5.74, 6) is -0.625. The van der Waals surface area contributed by atoms with Crippen molar-refractivity contribution in [3.05, 3.63) is 45.6 Å². The maximum absolute atomic E-state index is 11.9. The van der Waals surface area contributed by atoms with E-state index in [-0.39, 0.29) is 12.0 Å². The van der Waals surface area contributed by atoms with Crippen molar-refractivity contribution < 1.29 is 9.90 Å². The average molecular weight is 259 g/mol. The molecule has 0 bridgehead atoms. The van der Waals surface area contributed by atoms with E-state index in [2.05, 4.69) is 15.0 Å². The Labute approximate surface area is 109 Å². The lowest BCUT2D eigenvalue weighted by molar-refractivity contribution is -0.136. The number of carboxylic acid groups (broad SMARTS) is 1. The first-order valence-corrected chi connectivity index (χ1v) is 5.71. The number of rotatable bonds is 3. The van der Waals surface area contributed by atoms with E-state index in [1.54, 1.807) is 25.4 Å². The van der Waals surface area contributed by atoms with Gasteiger partial charge in [0.25, 0.3) is 5.56 Å². The van der Waals surface area contributed by atoms with Gasteiger partial charge in [-0.3, -0.25) is 14.6 Å². The van der Waals surface area contributed by atoms with Gasteiger partial charge in [-0.25, -0.2) is 4.98 Å². The van der Waals surface area contributed by atoms with Crippen LogP contribution in [-0.2, 0) is 11.2 Å². The van der Waals surface area contributed by atoms with Gasteiger partial charge in [0.15, 0.2) is 0 Å². The van der Waals surface area contributed by atoms with Crippen LogP contribution in [0.1, 0.15) is 16.8 Å². The fourth-order valence-corrected chi connectivity index (χ4v) is 1.84. The van der Waals surface area contributed by atoms with Crippen LogP contribution < -0.4 is 5.56 Å². The van der Waals surface area contributed by atoms with Crippen molar-refractivity contribution in [2.75, 3.05) is 0 Å². The molecule has 0 saturated heterocycles. The average Bonchev–Trinajstić information content (AvgIpc) is 2.34. The fourth-order valence-electron chi connectivity index (χ4n) is 1.84. The number of aryl methyl sites for hydroxylation is 2. The van der Waals surface area contributed by atoms with Crippen molar-refractivity contribution in [2.45, 2.75) is 20.3 Å². The lowest BCUT2D eigenvalue weighted by atomic mass is 10.1. The third-order valence-corrected chi connectivity index (χ3v) is 2.83. The number of hydrogen-bond acceptors (Lipinski definition) is 4. The minimum atomic E-state index is -1.05. The topological polar surface area (TPSA) is 95.9 Å². The molecule has 0 fully saturated rings. The smallest absolute Gasteiger partial charge is 0.308 e. The molecule has 2 aromatic heterocycles. The van der Waals surface area contributed by atoms with Crippen molar-refractivity contribution in [1.82, 2.24) is 15.0 Å². The zero-order valence-corrected chi connectivity index (χ0v) is 10.6. The van der Waals surface area contributed by atoms with E-state index in [4.69, 9.17) is 5.11 Å². The third kappa shape index (κ3) is 2.67. The molecule has 6 heteroatoms. The van der Waals surface area contributed by atoms with Crippen LogP contribution >= 0.6 is 0 Å². The second-order valence-electron chi connectivity index (χ2n) is 4.24. The fraction of sp³-hybridized carbons (Fsp3) is 0.231. The van der Waals surface area contributed by atoms with E-state index in [1.807, 2.05) is 6.92 Å². The molecule has 0 aliphatic heterocycles. The van der Waals surface area contributed by atoms with Gasteiger partial charge in [-0.05, 0) is 25.5 Å². The highest BCUT2D eigenvalue weighted by atomic mass is 16.4. The summed E-state index contributed by atoms with van der Waals surface area (Å²) in [4.78, 5) is 33.5. The van der Waals surface area contributed by atoms with Crippen LogP contribution in [0.25, 0.3) is 11.4 Å². The molecule has 0 unspecified atom stereocenters. The van der Waals surface area contributed by atoms with Gasteiger partial charge in [0.2, 0.25) is 0 Å². The van der Waals surface area contributed by atoms with Gasteiger partial charge in [0.05, 0.1) is 6.42 Å². The van der Waals surface area contributed by atoms with Gasteiger partial charge >= 0.3 is 5.97 Å². The number of aromatic nitrogens is 3. The van der Waals surface area contributed by atoms with Crippen LogP contribution in [0.15, 0.2) is 23.3 Å². The van der Waals surface area contributed by atoms with Crippen molar-refractivity contribution in [1.29, 1.82) is 0 Å². The molecule has 0 saturated carbocycles. The highest BCUT2D eigenvalue weighted by Gasteiger charge is 2.13. The normalized spacial score (nSPS) is 10.4. The van der Waals surface area contributed by atoms with E-state index in [0.717, 1.165) is 11.1 Å². The van der Waals surface area contributed by atoms with Gasteiger partial charge in [0, 0.05) is 29.2 Å². The SMILES string of the molecule is Cc1cnccc1-c1nc(C)c(CC(=O)O)c(=O)[nH]1. The Bertz CT molecular complexity index is 692. The monoisotopic (exact) mass is 259 g/mol. The Morgan fingerprint density at radius 1 is 1.42 bits per heavy atom. The standard InChI is InChI=1S/C13H13N3O3/c1-7-6-14-4-3-9(7)12-15-8(2)10(5-11(17)18)13(19)16-12/h3-4,6H,5H2,1-2H3,(H,17,18)(H,15,16,19). The molecule has 2 N–H and O–H groups in total. The lowest BCUT2D eigenvalue weighted by Crippen LogP contribution is -2.20. The molecule has 0 radical (unpaired) electrons. The summed E-state index contributed by atoms with van der Waals surface area (Å²) >= 11 is 0. The molecule has 98 valence electrons. The van der Waals surface area contributed by atoms with Crippen LogP contribution in [0.5, 0.6) is 0 Å². The van der Waals surface area contributed by atoms with E-state index in [1.165, 1.54) is 0 Å². The van der Waals surface area contributed by atoms with Crippen molar-refractivity contribution in [3.8, 4) is 11.4 Å². The van der Waals surface area contributed by atoms with Crippen LogP contribution in [0, 0.1) is 13.8 Å². The number of aliphatic carboxylic acids is 1. The second kappa shape index (κ2) is 5.01. The first-order valence-electron chi connectivity index (χ1n) is 5.71. The summed E-state index contributed by atoms with van der Waals surface area (Å²) in [7, 11) is 0. The molecule has 19 heavy (non-hydrogen) atoms. The largest absolute Gasteiger partial charge is 0.481 e. The molecule has 0 spiro atoms. The van der Waals surface area contributed by atoms with E-state index < -0.39 is 11.5 Å². The number of pyridine rings is 1. The van der Waals surface area contributed by atoms with Crippen LogP contribution in [0.2, 0.25) is 0 Å².